The minimum atomic E-state index is 0.234. The highest BCUT2D eigenvalue weighted by Crippen LogP contribution is 2.63. The summed E-state index contributed by atoms with van der Waals surface area (Å²) in [4.78, 5) is 15.1. The molecule has 1 aromatic heterocycles. The summed E-state index contributed by atoms with van der Waals surface area (Å²) in [6.07, 6.45) is 11.6. The molecule has 4 rings (SSSR count). The van der Waals surface area contributed by atoms with Crippen LogP contribution in [0.25, 0.3) is 0 Å². The summed E-state index contributed by atoms with van der Waals surface area (Å²) in [6, 6.07) is 2.26. The van der Waals surface area contributed by atoms with Crippen LogP contribution in [0, 0.1) is 11.3 Å². The Balaban J connectivity index is 1.52. The zero-order chi connectivity index (χ0) is 13.6. The van der Waals surface area contributed by atoms with Gasteiger partial charge < -0.3 is 4.90 Å². The van der Waals surface area contributed by atoms with Gasteiger partial charge in [-0.1, -0.05) is 12.8 Å². The van der Waals surface area contributed by atoms with Crippen LogP contribution in [0.4, 0.5) is 0 Å². The van der Waals surface area contributed by atoms with Crippen molar-refractivity contribution in [3.05, 3.63) is 18.0 Å². The molecule has 2 atom stereocenters. The minimum Gasteiger partial charge on any atom is -0.334 e. The Labute approximate surface area is 119 Å². The third-order valence-electron chi connectivity index (χ3n) is 5.75. The number of aromatic amines is 1. The zero-order valence-corrected chi connectivity index (χ0v) is 12.0. The van der Waals surface area contributed by atoms with Gasteiger partial charge in [-0.25, -0.2) is 0 Å². The second kappa shape index (κ2) is 4.61. The molecule has 0 bridgehead atoms. The smallest absolute Gasteiger partial charge is 0.226 e. The molecule has 0 aromatic carbocycles. The van der Waals surface area contributed by atoms with Crippen molar-refractivity contribution >= 4 is 5.91 Å². The van der Waals surface area contributed by atoms with Crippen LogP contribution in [-0.2, 0) is 4.79 Å². The number of likely N-dealkylation sites (tertiary alicyclic amines) is 1. The lowest BCUT2D eigenvalue weighted by molar-refractivity contribution is -0.137. The van der Waals surface area contributed by atoms with Crippen molar-refractivity contribution in [1.29, 1.82) is 0 Å². The molecule has 1 amide bonds. The molecule has 3 fully saturated rings. The van der Waals surface area contributed by atoms with E-state index in [1.54, 1.807) is 6.20 Å². The normalized spacial score (nSPS) is 31.7. The summed E-state index contributed by atoms with van der Waals surface area (Å²) in [5.41, 5.74) is 1.52. The topological polar surface area (TPSA) is 49.0 Å². The molecule has 3 aliphatic rings. The standard InChI is InChI=1S/C16H23N3O/c20-15(12-11-16(12)7-2-3-8-16)19-10-4-1-5-14(19)13-6-9-17-18-13/h6,9,12,14H,1-5,7-8,10-11H2,(H,17,18). The molecule has 1 saturated heterocycles. The van der Waals surface area contributed by atoms with Gasteiger partial charge in [0.2, 0.25) is 5.91 Å². The van der Waals surface area contributed by atoms with Gasteiger partial charge in [0.25, 0.3) is 0 Å². The Morgan fingerprint density at radius 1 is 1.30 bits per heavy atom. The van der Waals surface area contributed by atoms with Crippen molar-refractivity contribution in [2.75, 3.05) is 6.54 Å². The molecule has 2 heterocycles. The molecule has 2 unspecified atom stereocenters. The number of piperidine rings is 1. The van der Waals surface area contributed by atoms with E-state index in [2.05, 4.69) is 15.1 Å². The number of nitrogens with one attached hydrogen (secondary N) is 1. The van der Waals surface area contributed by atoms with Crippen LogP contribution in [0.1, 0.15) is 63.1 Å². The van der Waals surface area contributed by atoms with Gasteiger partial charge >= 0.3 is 0 Å². The third-order valence-corrected chi connectivity index (χ3v) is 5.75. The maximum absolute atomic E-state index is 12.9. The third kappa shape index (κ3) is 1.88. The van der Waals surface area contributed by atoms with Crippen molar-refractivity contribution in [1.82, 2.24) is 15.1 Å². The second-order valence-corrected chi connectivity index (χ2v) is 6.88. The van der Waals surface area contributed by atoms with Gasteiger partial charge in [0, 0.05) is 18.7 Å². The first-order valence-electron chi connectivity index (χ1n) is 8.10. The van der Waals surface area contributed by atoms with Crippen LogP contribution in [0.5, 0.6) is 0 Å². The summed E-state index contributed by atoms with van der Waals surface area (Å²) in [5.74, 6) is 0.750. The van der Waals surface area contributed by atoms with E-state index < -0.39 is 0 Å². The number of rotatable bonds is 2. The van der Waals surface area contributed by atoms with E-state index in [9.17, 15) is 4.79 Å². The molecular formula is C16H23N3O. The molecule has 2 saturated carbocycles. The Hall–Kier alpha value is -1.32. The monoisotopic (exact) mass is 273 g/mol. The van der Waals surface area contributed by atoms with Crippen molar-refractivity contribution in [3.8, 4) is 0 Å². The van der Waals surface area contributed by atoms with Gasteiger partial charge in [-0.3, -0.25) is 9.89 Å². The van der Waals surface area contributed by atoms with Crippen molar-refractivity contribution < 1.29 is 4.79 Å². The fourth-order valence-corrected chi connectivity index (χ4v) is 4.50. The lowest BCUT2D eigenvalue weighted by atomic mass is 9.96. The first kappa shape index (κ1) is 12.4. The molecule has 2 aliphatic carbocycles. The van der Waals surface area contributed by atoms with Crippen LogP contribution in [0.15, 0.2) is 12.3 Å². The molecule has 20 heavy (non-hydrogen) atoms. The Morgan fingerprint density at radius 2 is 2.15 bits per heavy atom. The maximum atomic E-state index is 12.9. The SMILES string of the molecule is O=C(C1CC12CCCC2)N1CCCCC1c1ccn[nH]1. The lowest BCUT2D eigenvalue weighted by Crippen LogP contribution is -2.40. The average Bonchev–Trinajstić information content (AvgIpc) is 2.89. The van der Waals surface area contributed by atoms with E-state index in [0.717, 1.165) is 31.5 Å². The number of hydrogen-bond donors (Lipinski definition) is 1. The molecule has 1 aliphatic heterocycles. The van der Waals surface area contributed by atoms with Crippen molar-refractivity contribution in [2.24, 2.45) is 11.3 Å². The van der Waals surface area contributed by atoms with Crippen LogP contribution in [-0.4, -0.2) is 27.5 Å². The molecule has 108 valence electrons. The molecule has 4 nitrogen and oxygen atoms in total. The number of carbonyl (C=O) groups excluding carboxylic acids is 1. The Morgan fingerprint density at radius 3 is 2.90 bits per heavy atom. The van der Waals surface area contributed by atoms with E-state index in [1.807, 2.05) is 6.07 Å². The van der Waals surface area contributed by atoms with E-state index in [1.165, 1.54) is 32.1 Å². The first-order chi connectivity index (χ1) is 9.80. The second-order valence-electron chi connectivity index (χ2n) is 6.88. The molecule has 1 aromatic rings. The van der Waals surface area contributed by atoms with E-state index in [-0.39, 0.29) is 6.04 Å². The van der Waals surface area contributed by atoms with Gasteiger partial charge in [-0.2, -0.15) is 5.10 Å². The van der Waals surface area contributed by atoms with Gasteiger partial charge in [0.05, 0.1) is 11.7 Å². The summed E-state index contributed by atoms with van der Waals surface area (Å²) in [7, 11) is 0. The molecular weight excluding hydrogens is 250 g/mol. The highest BCUT2D eigenvalue weighted by Gasteiger charge is 2.59. The number of amides is 1. The maximum Gasteiger partial charge on any atom is 0.226 e. The predicted octanol–water partition coefficient (Wildman–Crippen LogP) is 3.04. The van der Waals surface area contributed by atoms with Crippen LogP contribution in [0.3, 0.4) is 0 Å². The van der Waals surface area contributed by atoms with Crippen LogP contribution >= 0.6 is 0 Å². The average molecular weight is 273 g/mol. The van der Waals surface area contributed by atoms with Gasteiger partial charge in [-0.05, 0) is 50.0 Å². The summed E-state index contributed by atoms with van der Waals surface area (Å²) in [5, 5.41) is 7.13. The van der Waals surface area contributed by atoms with Gasteiger partial charge in [-0.15, -0.1) is 0 Å². The fourth-order valence-electron chi connectivity index (χ4n) is 4.50. The van der Waals surface area contributed by atoms with Crippen LogP contribution in [0.2, 0.25) is 0 Å². The predicted molar refractivity (Wildman–Crippen MR) is 75.9 cm³/mol. The van der Waals surface area contributed by atoms with E-state index in [4.69, 9.17) is 0 Å². The number of H-pyrrole nitrogens is 1. The van der Waals surface area contributed by atoms with E-state index in [0.29, 0.717) is 17.2 Å². The quantitative estimate of drug-likeness (QED) is 0.900. The largest absolute Gasteiger partial charge is 0.334 e. The highest BCUT2D eigenvalue weighted by atomic mass is 16.2. The number of nitrogens with zero attached hydrogens (tertiary/aromatic N) is 2. The van der Waals surface area contributed by atoms with Crippen molar-refractivity contribution in [2.45, 2.75) is 57.4 Å². The Kier molecular flexibility index (Phi) is 2.86. The number of hydrogen-bond acceptors (Lipinski definition) is 2. The number of aromatic nitrogens is 2. The first-order valence-corrected chi connectivity index (χ1v) is 8.10. The van der Waals surface area contributed by atoms with Crippen LogP contribution < -0.4 is 0 Å². The lowest BCUT2D eigenvalue weighted by Gasteiger charge is -2.35. The summed E-state index contributed by atoms with van der Waals surface area (Å²) >= 11 is 0. The fraction of sp³-hybridized carbons (Fsp3) is 0.750. The van der Waals surface area contributed by atoms with Gasteiger partial charge in [0.1, 0.15) is 0 Å². The Bertz CT molecular complexity index is 490. The van der Waals surface area contributed by atoms with E-state index >= 15 is 0 Å². The zero-order valence-electron chi connectivity index (χ0n) is 12.0. The van der Waals surface area contributed by atoms with Crippen molar-refractivity contribution in [3.63, 3.8) is 0 Å². The highest BCUT2D eigenvalue weighted by molar-refractivity contribution is 5.83. The van der Waals surface area contributed by atoms with Gasteiger partial charge in [0.15, 0.2) is 0 Å². The number of carbonyl (C=O) groups is 1. The minimum absolute atomic E-state index is 0.234. The summed E-state index contributed by atoms with van der Waals surface area (Å²) in [6.45, 7) is 0.926. The molecule has 1 N–H and O–H groups in total. The molecule has 1 spiro atoms. The summed E-state index contributed by atoms with van der Waals surface area (Å²) < 4.78 is 0. The molecule has 4 heteroatoms. The molecule has 0 radical (unpaired) electrons.